The Balaban J connectivity index is 1.85. The molecule has 0 aliphatic rings. The van der Waals surface area contributed by atoms with Crippen LogP contribution < -0.4 is 0 Å². The van der Waals surface area contributed by atoms with E-state index in [1.54, 1.807) is 11.8 Å². The molecule has 1 aromatic carbocycles. The number of aromatic nitrogens is 2. The summed E-state index contributed by atoms with van der Waals surface area (Å²) < 4.78 is 1.83. The van der Waals surface area contributed by atoms with Crippen LogP contribution >= 0.6 is 11.8 Å². The zero-order valence-corrected chi connectivity index (χ0v) is 10.7. The summed E-state index contributed by atoms with van der Waals surface area (Å²) in [6.07, 6.45) is 4.97. The number of hydrogen-bond acceptors (Lipinski definition) is 3. The average Bonchev–Trinajstić information content (AvgIpc) is 2.75. The van der Waals surface area contributed by atoms with Crippen molar-refractivity contribution in [2.45, 2.75) is 17.9 Å². The fourth-order valence-electron chi connectivity index (χ4n) is 1.62. The molecule has 0 saturated carbocycles. The standard InChI is InChI=1S/C13H16N2OS/c1-15-9-12(8-14-15)5-6-17-13-4-2-3-11(7-13)10-16/h2-4,7-9,16H,5-6,10H2,1H3. The lowest BCUT2D eigenvalue weighted by Crippen LogP contribution is -1.88. The molecule has 0 saturated heterocycles. The molecule has 0 amide bonds. The molecule has 1 heterocycles. The molecule has 0 aliphatic heterocycles. The van der Waals surface area contributed by atoms with E-state index in [0.717, 1.165) is 17.7 Å². The van der Waals surface area contributed by atoms with Crippen LogP contribution in [0.1, 0.15) is 11.1 Å². The van der Waals surface area contributed by atoms with Crippen LogP contribution in [-0.4, -0.2) is 20.6 Å². The van der Waals surface area contributed by atoms with E-state index < -0.39 is 0 Å². The van der Waals surface area contributed by atoms with E-state index in [1.165, 1.54) is 10.5 Å². The van der Waals surface area contributed by atoms with Gasteiger partial charge < -0.3 is 5.11 Å². The summed E-state index contributed by atoms with van der Waals surface area (Å²) in [6, 6.07) is 8.03. The maximum atomic E-state index is 9.05. The van der Waals surface area contributed by atoms with Gasteiger partial charge >= 0.3 is 0 Å². The number of aliphatic hydroxyl groups excluding tert-OH is 1. The minimum absolute atomic E-state index is 0.108. The number of nitrogens with zero attached hydrogens (tertiary/aromatic N) is 2. The molecular weight excluding hydrogens is 232 g/mol. The summed E-state index contributed by atoms with van der Waals surface area (Å²) in [7, 11) is 1.93. The van der Waals surface area contributed by atoms with Gasteiger partial charge in [-0.1, -0.05) is 12.1 Å². The molecule has 2 rings (SSSR count). The van der Waals surface area contributed by atoms with Crippen LogP contribution in [0.5, 0.6) is 0 Å². The van der Waals surface area contributed by atoms with Crippen molar-refractivity contribution in [3.05, 3.63) is 47.8 Å². The van der Waals surface area contributed by atoms with E-state index in [4.69, 9.17) is 5.11 Å². The number of thioether (sulfide) groups is 1. The lowest BCUT2D eigenvalue weighted by atomic mass is 10.2. The second-order valence-corrected chi connectivity index (χ2v) is 5.09. The predicted octanol–water partition coefficient (Wildman–Crippen LogP) is 2.25. The third kappa shape index (κ3) is 3.61. The van der Waals surface area contributed by atoms with Gasteiger partial charge in [0.15, 0.2) is 0 Å². The van der Waals surface area contributed by atoms with Gasteiger partial charge in [0.1, 0.15) is 0 Å². The van der Waals surface area contributed by atoms with E-state index in [1.807, 2.05) is 42.3 Å². The normalized spacial score (nSPS) is 10.7. The van der Waals surface area contributed by atoms with Gasteiger partial charge in [-0.05, 0) is 29.7 Å². The van der Waals surface area contributed by atoms with Crippen LogP contribution in [0.3, 0.4) is 0 Å². The van der Waals surface area contributed by atoms with Crippen molar-refractivity contribution in [2.75, 3.05) is 5.75 Å². The highest BCUT2D eigenvalue weighted by molar-refractivity contribution is 7.99. The van der Waals surface area contributed by atoms with E-state index in [2.05, 4.69) is 11.2 Å². The first kappa shape index (κ1) is 12.2. The molecule has 1 N–H and O–H groups in total. The minimum Gasteiger partial charge on any atom is -0.392 e. The Morgan fingerprint density at radius 3 is 2.94 bits per heavy atom. The van der Waals surface area contributed by atoms with Crippen LogP contribution in [0.2, 0.25) is 0 Å². The first-order chi connectivity index (χ1) is 8.28. The molecule has 3 nitrogen and oxygen atoms in total. The second-order valence-electron chi connectivity index (χ2n) is 3.93. The minimum atomic E-state index is 0.108. The highest BCUT2D eigenvalue weighted by atomic mass is 32.2. The van der Waals surface area contributed by atoms with Crippen molar-refractivity contribution in [1.82, 2.24) is 9.78 Å². The first-order valence-corrected chi connectivity index (χ1v) is 6.56. The molecule has 0 unspecified atom stereocenters. The Morgan fingerprint density at radius 1 is 1.35 bits per heavy atom. The van der Waals surface area contributed by atoms with Gasteiger partial charge in [-0.2, -0.15) is 5.10 Å². The van der Waals surface area contributed by atoms with E-state index in [0.29, 0.717) is 0 Å². The maximum absolute atomic E-state index is 9.05. The van der Waals surface area contributed by atoms with Crippen molar-refractivity contribution in [1.29, 1.82) is 0 Å². The largest absolute Gasteiger partial charge is 0.392 e. The van der Waals surface area contributed by atoms with Gasteiger partial charge in [-0.3, -0.25) is 4.68 Å². The SMILES string of the molecule is Cn1cc(CCSc2cccc(CO)c2)cn1. The molecule has 0 radical (unpaired) electrons. The van der Waals surface area contributed by atoms with E-state index >= 15 is 0 Å². The molecule has 0 atom stereocenters. The molecule has 0 fully saturated rings. The summed E-state index contributed by atoms with van der Waals surface area (Å²) in [6.45, 7) is 0.108. The topological polar surface area (TPSA) is 38.0 Å². The van der Waals surface area contributed by atoms with Crippen LogP contribution in [0, 0.1) is 0 Å². The molecule has 0 spiro atoms. The maximum Gasteiger partial charge on any atom is 0.0682 e. The summed E-state index contributed by atoms with van der Waals surface area (Å²) >= 11 is 1.81. The zero-order chi connectivity index (χ0) is 12.1. The van der Waals surface area contributed by atoms with Gasteiger partial charge in [0.05, 0.1) is 12.8 Å². The van der Waals surface area contributed by atoms with Gasteiger partial charge in [0, 0.05) is 23.9 Å². The van der Waals surface area contributed by atoms with Crippen LogP contribution in [0.4, 0.5) is 0 Å². The molecule has 4 heteroatoms. The van der Waals surface area contributed by atoms with E-state index in [-0.39, 0.29) is 6.61 Å². The number of benzene rings is 1. The number of aliphatic hydroxyl groups is 1. The fraction of sp³-hybridized carbons (Fsp3) is 0.308. The number of aryl methyl sites for hydroxylation is 2. The average molecular weight is 248 g/mol. The summed E-state index contributed by atoms with van der Waals surface area (Å²) in [5, 5.41) is 13.2. The Kier molecular flexibility index (Phi) is 4.23. The van der Waals surface area contributed by atoms with Crippen LogP contribution in [-0.2, 0) is 20.1 Å². The third-order valence-corrected chi connectivity index (χ3v) is 3.49. The van der Waals surface area contributed by atoms with Gasteiger partial charge in [-0.25, -0.2) is 0 Å². The van der Waals surface area contributed by atoms with E-state index in [9.17, 15) is 0 Å². The Morgan fingerprint density at radius 2 is 2.24 bits per heavy atom. The fourth-order valence-corrected chi connectivity index (χ4v) is 2.60. The molecule has 1 aromatic heterocycles. The smallest absolute Gasteiger partial charge is 0.0682 e. The van der Waals surface area contributed by atoms with Crippen molar-refractivity contribution < 1.29 is 5.11 Å². The lowest BCUT2D eigenvalue weighted by Gasteiger charge is -2.02. The van der Waals surface area contributed by atoms with Gasteiger partial charge in [0.2, 0.25) is 0 Å². The summed E-state index contributed by atoms with van der Waals surface area (Å²) in [4.78, 5) is 1.21. The molecule has 17 heavy (non-hydrogen) atoms. The first-order valence-electron chi connectivity index (χ1n) is 5.58. The predicted molar refractivity (Wildman–Crippen MR) is 70.0 cm³/mol. The van der Waals surface area contributed by atoms with Crippen molar-refractivity contribution in [2.24, 2.45) is 7.05 Å². The quantitative estimate of drug-likeness (QED) is 0.825. The molecule has 2 aromatic rings. The van der Waals surface area contributed by atoms with Crippen LogP contribution in [0.15, 0.2) is 41.6 Å². The number of rotatable bonds is 5. The molecule has 0 aliphatic carbocycles. The molecule has 0 bridgehead atoms. The van der Waals surface area contributed by atoms with Crippen LogP contribution in [0.25, 0.3) is 0 Å². The van der Waals surface area contributed by atoms with Gasteiger partial charge in [0.25, 0.3) is 0 Å². The second kappa shape index (κ2) is 5.89. The van der Waals surface area contributed by atoms with Gasteiger partial charge in [-0.15, -0.1) is 11.8 Å². The van der Waals surface area contributed by atoms with Crippen molar-refractivity contribution >= 4 is 11.8 Å². The zero-order valence-electron chi connectivity index (χ0n) is 9.84. The highest BCUT2D eigenvalue weighted by Gasteiger charge is 1.99. The summed E-state index contributed by atoms with van der Waals surface area (Å²) in [5.41, 5.74) is 2.23. The van der Waals surface area contributed by atoms with Crippen molar-refractivity contribution in [3.63, 3.8) is 0 Å². The Hall–Kier alpha value is -1.26. The number of hydrogen-bond donors (Lipinski definition) is 1. The Labute approximate surface area is 105 Å². The summed E-state index contributed by atoms with van der Waals surface area (Å²) in [5.74, 6) is 1.03. The van der Waals surface area contributed by atoms with Crippen molar-refractivity contribution in [3.8, 4) is 0 Å². The Bertz CT molecular complexity index is 482. The monoisotopic (exact) mass is 248 g/mol. The lowest BCUT2D eigenvalue weighted by molar-refractivity contribution is 0.281. The molecular formula is C13H16N2OS. The highest BCUT2D eigenvalue weighted by Crippen LogP contribution is 2.20. The molecule has 90 valence electrons. The third-order valence-electron chi connectivity index (χ3n) is 2.50.